The number of carbonyl (C=O) groups excluding carboxylic acids is 2. The maximum atomic E-state index is 13.2. The van der Waals surface area contributed by atoms with Crippen molar-refractivity contribution in [2.45, 2.75) is 38.5 Å². The molecule has 6 nitrogen and oxygen atoms in total. The van der Waals surface area contributed by atoms with Crippen LogP contribution in [0.1, 0.15) is 38.5 Å². The second-order valence-electron chi connectivity index (χ2n) is 9.23. The molecule has 0 radical (unpaired) electrons. The smallest absolute Gasteiger partial charge is 0.230 e. The first kappa shape index (κ1) is 20.6. The fourth-order valence-electron chi connectivity index (χ4n) is 6.01. The first-order valence-corrected chi connectivity index (χ1v) is 12.8. The third-order valence-corrected chi connectivity index (χ3v) is 8.95. The molecule has 3 aliphatic carbocycles. The molecule has 1 aromatic heterocycles. The minimum Gasteiger partial charge on any atom is -0.356 e. The number of thiazole rings is 1. The van der Waals surface area contributed by atoms with Crippen molar-refractivity contribution < 1.29 is 9.59 Å². The molecule has 2 amide bonds. The van der Waals surface area contributed by atoms with Crippen LogP contribution in [0.5, 0.6) is 0 Å². The lowest BCUT2D eigenvalue weighted by Crippen LogP contribution is -2.42. The van der Waals surface area contributed by atoms with Crippen LogP contribution in [0.3, 0.4) is 0 Å². The first-order valence-electron chi connectivity index (χ1n) is 11.2. The van der Waals surface area contributed by atoms with Crippen molar-refractivity contribution in [1.29, 1.82) is 0 Å². The van der Waals surface area contributed by atoms with E-state index in [1.54, 1.807) is 6.20 Å². The van der Waals surface area contributed by atoms with Crippen LogP contribution in [0.4, 0.5) is 5.13 Å². The van der Waals surface area contributed by atoms with Crippen molar-refractivity contribution in [2.24, 2.45) is 29.1 Å². The normalized spacial score (nSPS) is 30.8. The third kappa shape index (κ3) is 3.75. The van der Waals surface area contributed by atoms with Gasteiger partial charge in [-0.2, -0.15) is 0 Å². The quantitative estimate of drug-likeness (QED) is 0.428. The number of rotatable bonds is 8. The Morgan fingerprint density at radius 3 is 2.47 bits per heavy atom. The topological polar surface area (TPSA) is 74.3 Å². The van der Waals surface area contributed by atoms with Crippen LogP contribution in [-0.4, -0.2) is 47.9 Å². The summed E-state index contributed by atoms with van der Waals surface area (Å²) in [6.45, 7) is 4.27. The van der Waals surface area contributed by atoms with Gasteiger partial charge in [-0.25, -0.2) is 4.98 Å². The number of unbranched alkanes of at least 4 members (excludes halogenated alkanes) is 1. The molecule has 1 spiro atoms. The number of hydrogen-bond donors (Lipinski definition) is 2. The number of amides is 2. The van der Waals surface area contributed by atoms with Crippen LogP contribution in [0.15, 0.2) is 22.1 Å². The van der Waals surface area contributed by atoms with Gasteiger partial charge >= 0.3 is 0 Å². The van der Waals surface area contributed by atoms with Crippen LogP contribution < -0.4 is 10.6 Å². The zero-order chi connectivity index (χ0) is 20.7. The van der Waals surface area contributed by atoms with Crippen LogP contribution in [-0.2, 0) is 9.59 Å². The van der Waals surface area contributed by atoms with E-state index in [0.29, 0.717) is 11.7 Å². The van der Waals surface area contributed by atoms with E-state index >= 15 is 0 Å². The molecule has 2 N–H and O–H groups in total. The Morgan fingerprint density at radius 2 is 1.83 bits per heavy atom. The van der Waals surface area contributed by atoms with Gasteiger partial charge in [-0.15, -0.1) is 0 Å². The SMILES string of the molecule is O=C(NCCCCN1CCCC1)[C@H]1[C@H](C(=O)Nc2ncc(Br)s2)[C@@H]2C=C[C@H]1C21CC1. The molecular weight excluding hydrogens is 464 g/mol. The lowest BCUT2D eigenvalue weighted by molar-refractivity contribution is -0.132. The Labute approximate surface area is 190 Å². The zero-order valence-corrected chi connectivity index (χ0v) is 19.5. The monoisotopic (exact) mass is 492 g/mol. The van der Waals surface area contributed by atoms with Crippen LogP contribution in [0.25, 0.3) is 0 Å². The molecule has 0 unspecified atom stereocenters. The number of nitrogens with one attached hydrogen (secondary N) is 2. The average Bonchev–Trinajstić information content (AvgIpc) is 3.02. The van der Waals surface area contributed by atoms with E-state index in [-0.39, 0.29) is 40.9 Å². The van der Waals surface area contributed by atoms with E-state index in [0.717, 1.165) is 36.0 Å². The Bertz CT molecular complexity index is 846. The molecule has 1 aliphatic heterocycles. The van der Waals surface area contributed by atoms with Gasteiger partial charge in [0.25, 0.3) is 0 Å². The number of allylic oxidation sites excluding steroid dienone is 2. The summed E-state index contributed by atoms with van der Waals surface area (Å²) in [7, 11) is 0. The Kier molecular flexibility index (Phi) is 5.75. The summed E-state index contributed by atoms with van der Waals surface area (Å²) < 4.78 is 0.882. The summed E-state index contributed by atoms with van der Waals surface area (Å²) in [4.78, 5) is 33.1. The van der Waals surface area contributed by atoms with Crippen molar-refractivity contribution in [2.75, 3.05) is 31.5 Å². The first-order chi connectivity index (χ1) is 14.6. The molecule has 1 aromatic rings. The van der Waals surface area contributed by atoms with Crippen molar-refractivity contribution in [3.05, 3.63) is 22.1 Å². The lowest BCUT2D eigenvalue weighted by Gasteiger charge is -2.26. The van der Waals surface area contributed by atoms with E-state index in [9.17, 15) is 9.59 Å². The van der Waals surface area contributed by atoms with E-state index in [4.69, 9.17) is 0 Å². The van der Waals surface area contributed by atoms with E-state index < -0.39 is 0 Å². The number of halogens is 1. The van der Waals surface area contributed by atoms with E-state index in [1.165, 1.54) is 37.3 Å². The molecule has 5 rings (SSSR count). The van der Waals surface area contributed by atoms with Crippen LogP contribution in [0, 0.1) is 29.1 Å². The molecule has 4 atom stereocenters. The number of nitrogens with zero attached hydrogens (tertiary/aromatic N) is 2. The van der Waals surface area contributed by atoms with Gasteiger partial charge in [0, 0.05) is 6.54 Å². The summed E-state index contributed by atoms with van der Waals surface area (Å²) in [6.07, 6.45) is 13.1. The summed E-state index contributed by atoms with van der Waals surface area (Å²) in [5.74, 6) is -0.184. The second-order valence-corrected chi connectivity index (χ2v) is 11.6. The molecule has 4 aliphatic rings. The maximum absolute atomic E-state index is 13.2. The molecule has 8 heteroatoms. The summed E-state index contributed by atoms with van der Waals surface area (Å²) >= 11 is 4.79. The van der Waals surface area contributed by atoms with Gasteiger partial charge in [-0.05, 0) is 91.3 Å². The Hall–Kier alpha value is -1.25. The van der Waals surface area contributed by atoms with Crippen molar-refractivity contribution in [1.82, 2.24) is 15.2 Å². The van der Waals surface area contributed by atoms with Crippen molar-refractivity contribution in [3.8, 4) is 0 Å². The Balaban J connectivity index is 1.20. The maximum Gasteiger partial charge on any atom is 0.230 e. The number of aromatic nitrogens is 1. The molecule has 3 fully saturated rings. The number of anilines is 1. The van der Waals surface area contributed by atoms with Gasteiger partial charge < -0.3 is 15.5 Å². The highest BCUT2D eigenvalue weighted by atomic mass is 79.9. The van der Waals surface area contributed by atoms with Crippen LogP contribution in [0.2, 0.25) is 0 Å². The largest absolute Gasteiger partial charge is 0.356 e. The van der Waals surface area contributed by atoms with Crippen molar-refractivity contribution >= 4 is 44.2 Å². The third-order valence-electron chi connectivity index (χ3n) is 7.55. The fourth-order valence-corrected chi connectivity index (χ4v) is 7.12. The molecular formula is C22H29BrN4O2S. The van der Waals surface area contributed by atoms with E-state index in [1.807, 2.05) is 0 Å². The Morgan fingerprint density at radius 1 is 1.13 bits per heavy atom. The number of likely N-dealkylation sites (tertiary alicyclic amines) is 1. The molecule has 2 heterocycles. The molecule has 162 valence electrons. The summed E-state index contributed by atoms with van der Waals surface area (Å²) in [5, 5.41) is 6.72. The molecule has 30 heavy (non-hydrogen) atoms. The highest BCUT2D eigenvalue weighted by Crippen LogP contribution is 2.72. The number of hydrogen-bond acceptors (Lipinski definition) is 5. The molecule has 0 aromatic carbocycles. The van der Waals surface area contributed by atoms with Crippen LogP contribution >= 0.6 is 27.3 Å². The standard InChI is InChI=1S/C22H29BrN4O2S/c23-16-13-25-21(30-16)26-20(29)18-15-6-5-14(22(15)7-8-22)17(18)19(28)24-9-1-2-10-27-11-3-4-12-27/h5-6,13-15,17-18H,1-4,7-12H2,(H,24,28)(H,25,26,29)/t14-,15+,17-,18-/m1/s1. The highest BCUT2D eigenvalue weighted by Gasteiger charge is 2.69. The molecule has 2 bridgehead atoms. The van der Waals surface area contributed by atoms with Gasteiger partial charge in [0.15, 0.2) is 5.13 Å². The second kappa shape index (κ2) is 8.36. The minimum atomic E-state index is -0.297. The predicted molar refractivity (Wildman–Crippen MR) is 121 cm³/mol. The lowest BCUT2D eigenvalue weighted by atomic mass is 9.81. The highest BCUT2D eigenvalue weighted by molar-refractivity contribution is 9.11. The average molecular weight is 493 g/mol. The summed E-state index contributed by atoms with van der Waals surface area (Å²) in [6, 6.07) is 0. The van der Waals surface area contributed by atoms with Crippen molar-refractivity contribution in [3.63, 3.8) is 0 Å². The number of carbonyl (C=O) groups is 2. The fraction of sp³-hybridized carbons (Fsp3) is 0.682. The van der Waals surface area contributed by atoms with Gasteiger partial charge in [-0.3, -0.25) is 9.59 Å². The zero-order valence-electron chi connectivity index (χ0n) is 17.1. The van der Waals surface area contributed by atoms with Gasteiger partial charge in [0.05, 0.1) is 21.8 Å². The van der Waals surface area contributed by atoms with E-state index in [2.05, 4.69) is 48.6 Å². The van der Waals surface area contributed by atoms with Gasteiger partial charge in [0.1, 0.15) is 0 Å². The van der Waals surface area contributed by atoms with Gasteiger partial charge in [0.2, 0.25) is 11.8 Å². The molecule has 1 saturated heterocycles. The predicted octanol–water partition coefficient (Wildman–Crippen LogP) is 3.66. The van der Waals surface area contributed by atoms with Gasteiger partial charge in [-0.1, -0.05) is 23.5 Å². The summed E-state index contributed by atoms with van der Waals surface area (Å²) in [5.41, 5.74) is 0.156. The minimum absolute atomic E-state index is 0.0553. The molecule has 2 saturated carbocycles.